The largest absolute Gasteiger partial charge is 0.326 e. The van der Waals surface area contributed by atoms with Crippen molar-refractivity contribution in [2.24, 2.45) is 0 Å². The lowest BCUT2D eigenvalue weighted by Crippen LogP contribution is -2.22. The molecule has 1 heterocycles. The number of anilines is 1. The number of benzene rings is 1. The van der Waals surface area contributed by atoms with E-state index in [9.17, 15) is 9.59 Å². The van der Waals surface area contributed by atoms with Gasteiger partial charge in [-0.25, -0.2) is 4.79 Å². The molecule has 2 N–H and O–H groups in total. The molecule has 0 unspecified atom stereocenters. The van der Waals surface area contributed by atoms with Crippen LogP contribution in [0.15, 0.2) is 23.0 Å². The Kier molecular flexibility index (Phi) is 4.53. The number of H-pyrrole nitrogens is 1. The topological polar surface area (TPSA) is 66.9 Å². The zero-order valence-electron chi connectivity index (χ0n) is 12.3. The number of nitrogens with one attached hydrogen (secondary N) is 2. The molecule has 0 bridgehead atoms. The molecule has 0 radical (unpaired) electrons. The van der Waals surface area contributed by atoms with E-state index in [0.717, 1.165) is 17.0 Å². The third kappa shape index (κ3) is 3.36. The molecule has 21 heavy (non-hydrogen) atoms. The zero-order valence-corrected chi connectivity index (χ0v) is 13.0. The van der Waals surface area contributed by atoms with Gasteiger partial charge in [0.15, 0.2) is 0 Å². The van der Waals surface area contributed by atoms with Crippen molar-refractivity contribution in [1.82, 2.24) is 9.55 Å². The lowest BCUT2D eigenvalue weighted by molar-refractivity contribution is -0.116. The van der Waals surface area contributed by atoms with Crippen LogP contribution in [0, 0.1) is 20.8 Å². The van der Waals surface area contributed by atoms with Crippen LogP contribution in [-0.4, -0.2) is 15.5 Å². The van der Waals surface area contributed by atoms with Crippen molar-refractivity contribution in [1.29, 1.82) is 0 Å². The predicted octanol–water partition coefficient (Wildman–Crippen LogP) is 2.78. The number of aryl methyl sites for hydroxylation is 1. The summed E-state index contributed by atoms with van der Waals surface area (Å²) < 4.78 is 1.57. The van der Waals surface area contributed by atoms with Crippen LogP contribution in [0.2, 0.25) is 5.02 Å². The number of hydrogen-bond acceptors (Lipinski definition) is 2. The Bertz CT molecular complexity index is 731. The Morgan fingerprint density at radius 2 is 2.05 bits per heavy atom. The molecule has 2 aromatic rings. The van der Waals surface area contributed by atoms with E-state index < -0.39 is 0 Å². The van der Waals surface area contributed by atoms with Gasteiger partial charge >= 0.3 is 5.69 Å². The summed E-state index contributed by atoms with van der Waals surface area (Å²) >= 11 is 6.01. The maximum Gasteiger partial charge on any atom is 0.325 e. The SMILES string of the molecule is Cc1[nH]c(=O)n(CCC(=O)Nc2cccc(Cl)c2C)c1C. The number of carbonyl (C=O) groups excluding carboxylic acids is 1. The molecule has 6 heteroatoms. The molecular weight excluding hydrogens is 290 g/mol. The maximum absolute atomic E-state index is 12.0. The first-order valence-electron chi connectivity index (χ1n) is 6.71. The number of imidazole rings is 1. The van der Waals surface area contributed by atoms with Gasteiger partial charge in [0.05, 0.1) is 0 Å². The minimum Gasteiger partial charge on any atom is -0.326 e. The zero-order chi connectivity index (χ0) is 15.6. The van der Waals surface area contributed by atoms with Gasteiger partial charge in [0.2, 0.25) is 5.91 Å². The van der Waals surface area contributed by atoms with Crippen LogP contribution in [0.5, 0.6) is 0 Å². The fourth-order valence-electron chi connectivity index (χ4n) is 2.11. The Balaban J connectivity index is 2.03. The Morgan fingerprint density at radius 1 is 1.33 bits per heavy atom. The molecule has 1 aromatic heterocycles. The molecule has 0 aliphatic carbocycles. The summed E-state index contributed by atoms with van der Waals surface area (Å²) in [6.07, 6.45) is 0.226. The van der Waals surface area contributed by atoms with Crippen LogP contribution in [0.4, 0.5) is 5.69 Å². The quantitative estimate of drug-likeness (QED) is 0.912. The molecular formula is C15H18ClN3O2. The number of hydrogen-bond donors (Lipinski definition) is 2. The van der Waals surface area contributed by atoms with E-state index in [1.807, 2.05) is 20.8 Å². The van der Waals surface area contributed by atoms with Gasteiger partial charge in [-0.2, -0.15) is 0 Å². The average molecular weight is 308 g/mol. The first-order valence-corrected chi connectivity index (χ1v) is 7.09. The van der Waals surface area contributed by atoms with Crippen molar-refractivity contribution in [2.75, 3.05) is 5.32 Å². The number of aromatic amines is 1. The van der Waals surface area contributed by atoms with E-state index in [4.69, 9.17) is 11.6 Å². The van der Waals surface area contributed by atoms with Gasteiger partial charge in [-0.1, -0.05) is 17.7 Å². The van der Waals surface area contributed by atoms with Gasteiger partial charge in [0, 0.05) is 35.1 Å². The summed E-state index contributed by atoms with van der Waals surface area (Å²) in [5.41, 5.74) is 3.02. The van der Waals surface area contributed by atoms with Crippen LogP contribution >= 0.6 is 11.6 Å². The van der Waals surface area contributed by atoms with Crippen LogP contribution in [-0.2, 0) is 11.3 Å². The normalized spacial score (nSPS) is 10.7. The fourth-order valence-corrected chi connectivity index (χ4v) is 2.29. The highest BCUT2D eigenvalue weighted by atomic mass is 35.5. The Morgan fingerprint density at radius 3 is 2.67 bits per heavy atom. The third-order valence-corrected chi connectivity index (χ3v) is 4.00. The molecule has 0 saturated heterocycles. The molecule has 1 amide bonds. The Hall–Kier alpha value is -2.01. The van der Waals surface area contributed by atoms with E-state index in [0.29, 0.717) is 17.3 Å². The van der Waals surface area contributed by atoms with Crippen molar-refractivity contribution in [2.45, 2.75) is 33.7 Å². The van der Waals surface area contributed by atoms with Gasteiger partial charge in [-0.15, -0.1) is 0 Å². The molecule has 112 valence electrons. The summed E-state index contributed by atoms with van der Waals surface area (Å²) in [5, 5.41) is 3.43. The second-order valence-electron chi connectivity index (χ2n) is 5.00. The summed E-state index contributed by atoms with van der Waals surface area (Å²) in [4.78, 5) is 26.4. The Labute approximate surface area is 127 Å². The van der Waals surface area contributed by atoms with Gasteiger partial charge in [-0.05, 0) is 38.5 Å². The predicted molar refractivity (Wildman–Crippen MR) is 84.0 cm³/mol. The van der Waals surface area contributed by atoms with Crippen LogP contribution < -0.4 is 11.0 Å². The monoisotopic (exact) mass is 307 g/mol. The smallest absolute Gasteiger partial charge is 0.325 e. The highest BCUT2D eigenvalue weighted by Gasteiger charge is 2.10. The van der Waals surface area contributed by atoms with Gasteiger partial charge in [0.1, 0.15) is 0 Å². The van der Waals surface area contributed by atoms with E-state index >= 15 is 0 Å². The molecule has 5 nitrogen and oxygen atoms in total. The van der Waals surface area contributed by atoms with Crippen LogP contribution in [0.25, 0.3) is 0 Å². The van der Waals surface area contributed by atoms with E-state index in [1.165, 1.54) is 0 Å². The number of halogens is 1. The van der Waals surface area contributed by atoms with E-state index in [1.54, 1.807) is 22.8 Å². The van der Waals surface area contributed by atoms with Gasteiger partial charge in [0.25, 0.3) is 0 Å². The van der Waals surface area contributed by atoms with Gasteiger partial charge in [-0.3, -0.25) is 9.36 Å². The second-order valence-corrected chi connectivity index (χ2v) is 5.41. The molecule has 0 aliphatic heterocycles. The number of carbonyl (C=O) groups is 1. The molecule has 0 fully saturated rings. The third-order valence-electron chi connectivity index (χ3n) is 3.59. The number of rotatable bonds is 4. The summed E-state index contributed by atoms with van der Waals surface area (Å²) in [5.74, 6) is -0.148. The molecule has 0 atom stereocenters. The minimum absolute atomic E-state index is 0.148. The van der Waals surface area contributed by atoms with E-state index in [2.05, 4.69) is 10.3 Å². The van der Waals surface area contributed by atoms with E-state index in [-0.39, 0.29) is 18.0 Å². The number of aromatic nitrogens is 2. The highest BCUT2D eigenvalue weighted by molar-refractivity contribution is 6.31. The van der Waals surface area contributed by atoms with Gasteiger partial charge < -0.3 is 10.3 Å². The lowest BCUT2D eigenvalue weighted by atomic mass is 10.2. The first-order chi connectivity index (χ1) is 9.90. The summed E-state index contributed by atoms with van der Waals surface area (Å²) in [6, 6.07) is 5.37. The van der Waals surface area contributed by atoms with Crippen LogP contribution in [0.3, 0.4) is 0 Å². The molecule has 2 rings (SSSR count). The van der Waals surface area contributed by atoms with Crippen molar-refractivity contribution in [3.63, 3.8) is 0 Å². The van der Waals surface area contributed by atoms with Crippen molar-refractivity contribution in [3.8, 4) is 0 Å². The average Bonchev–Trinajstić information content (AvgIpc) is 2.67. The lowest BCUT2D eigenvalue weighted by Gasteiger charge is -2.10. The molecule has 0 aliphatic rings. The van der Waals surface area contributed by atoms with Crippen LogP contribution in [0.1, 0.15) is 23.4 Å². The fraction of sp³-hybridized carbons (Fsp3) is 0.333. The van der Waals surface area contributed by atoms with Crippen molar-refractivity contribution >= 4 is 23.2 Å². The highest BCUT2D eigenvalue weighted by Crippen LogP contribution is 2.22. The molecule has 0 saturated carbocycles. The summed E-state index contributed by atoms with van der Waals surface area (Å²) in [7, 11) is 0. The molecule has 1 aromatic carbocycles. The number of nitrogens with zero attached hydrogens (tertiary/aromatic N) is 1. The molecule has 0 spiro atoms. The van der Waals surface area contributed by atoms with Crippen molar-refractivity contribution in [3.05, 3.63) is 50.7 Å². The minimum atomic E-state index is -0.184. The first kappa shape index (κ1) is 15.4. The summed E-state index contributed by atoms with van der Waals surface area (Å²) in [6.45, 7) is 5.89. The maximum atomic E-state index is 12.0. The second kappa shape index (κ2) is 6.18. The van der Waals surface area contributed by atoms with Crippen molar-refractivity contribution < 1.29 is 4.79 Å². The standard InChI is InChI=1S/C15H18ClN3O2/c1-9-12(16)5-4-6-13(9)18-14(20)7-8-19-11(3)10(2)17-15(19)21/h4-6H,7-8H2,1-3H3,(H,17,21)(H,18,20). The number of amides is 1.